The van der Waals surface area contributed by atoms with Crippen LogP contribution in [0.25, 0.3) is 0 Å². The van der Waals surface area contributed by atoms with Crippen molar-refractivity contribution in [3.05, 3.63) is 34.9 Å². The number of carboxylic acid groups (broad SMARTS) is 1. The van der Waals surface area contributed by atoms with Crippen LogP contribution in [0.15, 0.2) is 24.3 Å². The Bertz CT molecular complexity index is 584. The van der Waals surface area contributed by atoms with Gasteiger partial charge in [-0.2, -0.15) is 0 Å². The fourth-order valence-electron chi connectivity index (χ4n) is 1.84. The molecule has 0 heterocycles. The molecule has 0 radical (unpaired) electrons. The predicted octanol–water partition coefficient (Wildman–Crippen LogP) is 0.873. The molecule has 2 rings (SSSR count). The van der Waals surface area contributed by atoms with E-state index in [9.17, 15) is 14.4 Å². The van der Waals surface area contributed by atoms with Crippen LogP contribution >= 0.6 is 11.6 Å². The normalized spacial score (nSPS) is 14.8. The summed E-state index contributed by atoms with van der Waals surface area (Å²) < 4.78 is 0. The summed E-state index contributed by atoms with van der Waals surface area (Å²) in [5.74, 6) is -1.57. The largest absolute Gasteiger partial charge is 0.480 e. The molecule has 3 amide bonds. The van der Waals surface area contributed by atoms with Gasteiger partial charge in [-0.15, -0.1) is 0 Å². The highest BCUT2D eigenvalue weighted by Gasteiger charge is 2.51. The van der Waals surface area contributed by atoms with E-state index in [0.717, 1.165) is 5.56 Å². The van der Waals surface area contributed by atoms with Crippen molar-refractivity contribution in [2.24, 2.45) is 0 Å². The van der Waals surface area contributed by atoms with Crippen LogP contribution in [0, 0.1) is 0 Å². The third-order valence-electron chi connectivity index (χ3n) is 3.31. The molecule has 1 aliphatic rings. The number of carbonyl (C=O) groups is 3. The second-order valence-corrected chi connectivity index (χ2v) is 5.53. The molecule has 0 aromatic heterocycles. The van der Waals surface area contributed by atoms with E-state index in [4.69, 9.17) is 16.7 Å². The summed E-state index contributed by atoms with van der Waals surface area (Å²) in [6.45, 7) is 0.0190. The van der Waals surface area contributed by atoms with E-state index in [1.54, 1.807) is 24.3 Å². The Hall–Kier alpha value is -2.28. The zero-order valence-electron chi connectivity index (χ0n) is 11.7. The second kappa shape index (κ2) is 6.65. The van der Waals surface area contributed by atoms with E-state index in [-0.39, 0.29) is 6.54 Å². The number of carboxylic acids is 1. The Kier molecular flexibility index (Phi) is 4.87. The lowest BCUT2D eigenvalue weighted by Crippen LogP contribution is -2.48. The summed E-state index contributed by atoms with van der Waals surface area (Å²) in [5.41, 5.74) is -0.273. The number of nitrogens with one attached hydrogen (secondary N) is 3. The van der Waals surface area contributed by atoms with Gasteiger partial charge in [0.05, 0.1) is 6.54 Å². The van der Waals surface area contributed by atoms with Crippen LogP contribution in [0.3, 0.4) is 0 Å². The third-order valence-corrected chi connectivity index (χ3v) is 3.57. The summed E-state index contributed by atoms with van der Waals surface area (Å²) in [6.07, 6.45) is 0.827. The van der Waals surface area contributed by atoms with Crippen LogP contribution in [0.1, 0.15) is 18.4 Å². The molecule has 1 saturated carbocycles. The molecule has 1 fully saturated rings. The Labute approximate surface area is 132 Å². The minimum Gasteiger partial charge on any atom is -0.480 e. The number of hydrogen-bond donors (Lipinski definition) is 4. The van der Waals surface area contributed by atoms with Gasteiger partial charge in [0.25, 0.3) is 0 Å². The van der Waals surface area contributed by atoms with Gasteiger partial charge in [-0.3, -0.25) is 4.79 Å². The number of benzene rings is 1. The number of carbonyl (C=O) groups excluding carboxylic acids is 2. The van der Waals surface area contributed by atoms with Crippen molar-refractivity contribution in [3.8, 4) is 0 Å². The number of rotatable bonds is 6. The number of aliphatic carboxylic acids is 1. The molecule has 0 saturated heterocycles. The summed E-state index contributed by atoms with van der Waals surface area (Å²) in [6, 6.07) is 6.47. The van der Waals surface area contributed by atoms with E-state index in [0.29, 0.717) is 24.4 Å². The summed E-state index contributed by atoms with van der Waals surface area (Å²) in [7, 11) is 0. The molecule has 0 aliphatic heterocycles. The molecule has 0 unspecified atom stereocenters. The molecule has 7 nitrogen and oxygen atoms in total. The van der Waals surface area contributed by atoms with Gasteiger partial charge in [-0.1, -0.05) is 23.7 Å². The van der Waals surface area contributed by atoms with Crippen LogP contribution < -0.4 is 16.0 Å². The Balaban J connectivity index is 1.68. The fourth-order valence-corrected chi connectivity index (χ4v) is 1.96. The lowest BCUT2D eigenvalue weighted by Gasteiger charge is -2.13. The Morgan fingerprint density at radius 3 is 2.32 bits per heavy atom. The van der Waals surface area contributed by atoms with Gasteiger partial charge in [-0.05, 0) is 30.5 Å². The maximum atomic E-state index is 11.6. The minimum absolute atomic E-state index is 0.276. The smallest absolute Gasteiger partial charge is 0.329 e. The van der Waals surface area contributed by atoms with Crippen LogP contribution in [-0.2, 0) is 16.1 Å². The van der Waals surface area contributed by atoms with Crippen LogP contribution in [0.4, 0.5) is 4.79 Å². The average molecular weight is 326 g/mol. The van der Waals surface area contributed by atoms with Gasteiger partial charge in [0.1, 0.15) is 5.54 Å². The van der Waals surface area contributed by atoms with Gasteiger partial charge in [0, 0.05) is 11.6 Å². The first-order valence-electron chi connectivity index (χ1n) is 6.72. The van der Waals surface area contributed by atoms with Gasteiger partial charge in [-0.25, -0.2) is 9.59 Å². The summed E-state index contributed by atoms with van der Waals surface area (Å²) in [4.78, 5) is 34.1. The predicted molar refractivity (Wildman–Crippen MR) is 79.4 cm³/mol. The van der Waals surface area contributed by atoms with Gasteiger partial charge < -0.3 is 21.1 Å². The van der Waals surface area contributed by atoms with Crippen molar-refractivity contribution in [1.82, 2.24) is 16.0 Å². The maximum absolute atomic E-state index is 11.6. The highest BCUT2D eigenvalue weighted by atomic mass is 35.5. The zero-order valence-corrected chi connectivity index (χ0v) is 12.4. The zero-order chi connectivity index (χ0) is 16.2. The molecule has 4 N–H and O–H groups in total. The number of hydrogen-bond acceptors (Lipinski definition) is 3. The molecular weight excluding hydrogens is 310 g/mol. The summed E-state index contributed by atoms with van der Waals surface area (Å²) in [5, 5.41) is 16.9. The highest BCUT2D eigenvalue weighted by molar-refractivity contribution is 6.30. The van der Waals surface area contributed by atoms with Crippen molar-refractivity contribution >= 4 is 29.5 Å². The fraction of sp³-hybridized carbons (Fsp3) is 0.357. The highest BCUT2D eigenvalue weighted by Crippen LogP contribution is 2.35. The van der Waals surface area contributed by atoms with Crippen molar-refractivity contribution in [3.63, 3.8) is 0 Å². The van der Waals surface area contributed by atoms with Crippen LogP contribution in [0.5, 0.6) is 0 Å². The molecule has 8 heteroatoms. The first kappa shape index (κ1) is 16.1. The van der Waals surface area contributed by atoms with Crippen LogP contribution in [-0.4, -0.2) is 35.1 Å². The SMILES string of the molecule is O=C(CNC(=O)NCc1ccc(Cl)cc1)NC1(C(=O)O)CC1. The molecule has 118 valence electrons. The van der Waals surface area contributed by atoms with Crippen LogP contribution in [0.2, 0.25) is 5.02 Å². The Morgan fingerprint density at radius 1 is 1.14 bits per heavy atom. The monoisotopic (exact) mass is 325 g/mol. The van der Waals surface area contributed by atoms with E-state index in [2.05, 4.69) is 16.0 Å². The lowest BCUT2D eigenvalue weighted by atomic mass is 10.2. The standard InChI is InChI=1S/C14H16ClN3O4/c15-10-3-1-9(2-4-10)7-16-13(22)17-8-11(19)18-14(5-6-14)12(20)21/h1-4H,5-8H2,(H,18,19)(H,20,21)(H2,16,17,22). The van der Waals surface area contributed by atoms with E-state index in [1.165, 1.54) is 0 Å². The maximum Gasteiger partial charge on any atom is 0.329 e. The first-order valence-corrected chi connectivity index (χ1v) is 7.10. The minimum atomic E-state index is -1.14. The quantitative estimate of drug-likeness (QED) is 0.622. The molecule has 0 atom stereocenters. The van der Waals surface area contributed by atoms with E-state index >= 15 is 0 Å². The molecular formula is C14H16ClN3O4. The van der Waals surface area contributed by atoms with Crippen molar-refractivity contribution in [2.45, 2.75) is 24.9 Å². The average Bonchev–Trinajstić information content (AvgIpc) is 3.25. The molecule has 22 heavy (non-hydrogen) atoms. The molecule has 0 spiro atoms. The number of halogens is 1. The topological polar surface area (TPSA) is 108 Å². The van der Waals surface area contributed by atoms with E-state index in [1.807, 2.05) is 0 Å². The summed E-state index contributed by atoms with van der Waals surface area (Å²) >= 11 is 5.75. The van der Waals surface area contributed by atoms with E-state index < -0.39 is 23.4 Å². The lowest BCUT2D eigenvalue weighted by molar-refractivity contribution is -0.143. The second-order valence-electron chi connectivity index (χ2n) is 5.10. The Morgan fingerprint density at radius 2 is 1.77 bits per heavy atom. The molecule has 1 aromatic carbocycles. The number of urea groups is 1. The molecule has 1 aromatic rings. The molecule has 1 aliphatic carbocycles. The van der Waals surface area contributed by atoms with Crippen molar-refractivity contribution in [2.75, 3.05) is 6.54 Å². The van der Waals surface area contributed by atoms with Crippen molar-refractivity contribution in [1.29, 1.82) is 0 Å². The van der Waals surface area contributed by atoms with Gasteiger partial charge in [0.15, 0.2) is 0 Å². The van der Waals surface area contributed by atoms with Crippen molar-refractivity contribution < 1.29 is 19.5 Å². The van der Waals surface area contributed by atoms with Gasteiger partial charge >= 0.3 is 12.0 Å². The van der Waals surface area contributed by atoms with Gasteiger partial charge in [0.2, 0.25) is 5.91 Å². The third kappa shape index (κ3) is 4.36. The first-order chi connectivity index (χ1) is 10.4. The molecule has 0 bridgehead atoms. The number of amides is 3.